The van der Waals surface area contributed by atoms with Gasteiger partial charge in [-0.25, -0.2) is 4.79 Å². The lowest BCUT2D eigenvalue weighted by molar-refractivity contribution is 0.305. The molecule has 1 aromatic heterocycles. The van der Waals surface area contributed by atoms with E-state index in [9.17, 15) is 4.79 Å². The van der Waals surface area contributed by atoms with E-state index >= 15 is 0 Å². The molecule has 4 aromatic rings. The Morgan fingerprint density at radius 2 is 1.70 bits per heavy atom. The van der Waals surface area contributed by atoms with Gasteiger partial charge < -0.3 is 13.9 Å². The molecule has 0 atom stereocenters. The van der Waals surface area contributed by atoms with Crippen LogP contribution in [0.15, 0.2) is 88.1 Å². The Morgan fingerprint density at radius 1 is 0.852 bits per heavy atom. The second-order valence-corrected chi connectivity index (χ2v) is 6.15. The third-order valence-electron chi connectivity index (χ3n) is 4.33. The highest BCUT2D eigenvalue weighted by molar-refractivity contribution is 5.82. The number of fused-ring (bicyclic) bond motifs is 1. The van der Waals surface area contributed by atoms with E-state index in [1.54, 1.807) is 13.2 Å². The predicted octanol–water partition coefficient (Wildman–Crippen LogP) is 5.05. The number of hydrogen-bond acceptors (Lipinski definition) is 4. The van der Waals surface area contributed by atoms with Gasteiger partial charge in [0.05, 0.1) is 12.7 Å². The van der Waals surface area contributed by atoms with Gasteiger partial charge in [-0.05, 0) is 41.5 Å². The molecule has 0 spiro atoms. The van der Waals surface area contributed by atoms with E-state index in [4.69, 9.17) is 13.9 Å². The average Bonchev–Trinajstić information content (AvgIpc) is 2.72. The molecular formula is C23H18O4. The number of methoxy groups -OCH3 is 1. The van der Waals surface area contributed by atoms with Gasteiger partial charge in [0.25, 0.3) is 0 Å². The third-order valence-corrected chi connectivity index (χ3v) is 4.33. The summed E-state index contributed by atoms with van der Waals surface area (Å²) in [6, 6.07) is 24.6. The highest BCUT2D eigenvalue weighted by Gasteiger charge is 2.08. The van der Waals surface area contributed by atoms with Crippen LogP contribution in [-0.4, -0.2) is 7.11 Å². The van der Waals surface area contributed by atoms with Gasteiger partial charge in [0.2, 0.25) is 0 Å². The molecule has 0 aliphatic carbocycles. The van der Waals surface area contributed by atoms with Gasteiger partial charge in [-0.2, -0.15) is 0 Å². The van der Waals surface area contributed by atoms with Gasteiger partial charge >= 0.3 is 5.63 Å². The Balaban J connectivity index is 1.60. The number of hydrogen-bond donors (Lipinski definition) is 0. The van der Waals surface area contributed by atoms with Crippen LogP contribution >= 0.6 is 0 Å². The van der Waals surface area contributed by atoms with Crippen LogP contribution in [0.1, 0.15) is 5.56 Å². The lowest BCUT2D eigenvalue weighted by Gasteiger charge is -2.09. The Labute approximate surface area is 156 Å². The van der Waals surface area contributed by atoms with Crippen LogP contribution in [0.5, 0.6) is 11.5 Å². The molecule has 0 amide bonds. The largest absolute Gasteiger partial charge is 0.497 e. The molecule has 27 heavy (non-hydrogen) atoms. The molecule has 0 saturated heterocycles. The van der Waals surface area contributed by atoms with Gasteiger partial charge in [-0.3, -0.25) is 0 Å². The second-order valence-electron chi connectivity index (χ2n) is 6.15. The van der Waals surface area contributed by atoms with E-state index in [-0.39, 0.29) is 5.63 Å². The number of rotatable bonds is 5. The minimum atomic E-state index is -0.362. The van der Waals surface area contributed by atoms with Crippen LogP contribution in [-0.2, 0) is 6.61 Å². The minimum Gasteiger partial charge on any atom is -0.497 e. The van der Waals surface area contributed by atoms with Crippen molar-refractivity contribution in [2.45, 2.75) is 6.61 Å². The molecule has 0 bridgehead atoms. The van der Waals surface area contributed by atoms with Gasteiger partial charge in [0.1, 0.15) is 23.7 Å². The van der Waals surface area contributed by atoms with Crippen molar-refractivity contribution in [2.24, 2.45) is 0 Å². The van der Waals surface area contributed by atoms with Crippen molar-refractivity contribution in [3.05, 3.63) is 94.8 Å². The summed E-state index contributed by atoms with van der Waals surface area (Å²) in [4.78, 5) is 12.4. The monoisotopic (exact) mass is 358 g/mol. The first-order valence-electron chi connectivity index (χ1n) is 8.62. The van der Waals surface area contributed by atoms with Crippen LogP contribution in [0.2, 0.25) is 0 Å². The first-order valence-corrected chi connectivity index (χ1v) is 8.62. The first kappa shape index (κ1) is 16.9. The maximum atomic E-state index is 12.4. The van der Waals surface area contributed by atoms with Crippen LogP contribution in [0, 0.1) is 0 Å². The summed E-state index contributed by atoms with van der Waals surface area (Å²) >= 11 is 0. The molecule has 0 N–H and O–H groups in total. The fourth-order valence-corrected chi connectivity index (χ4v) is 2.93. The summed E-state index contributed by atoms with van der Waals surface area (Å²) in [5.74, 6) is 1.43. The molecule has 3 aromatic carbocycles. The number of ether oxygens (including phenoxy) is 2. The zero-order valence-corrected chi connectivity index (χ0v) is 14.8. The fourth-order valence-electron chi connectivity index (χ4n) is 2.93. The van der Waals surface area contributed by atoms with Crippen molar-refractivity contribution in [1.29, 1.82) is 0 Å². The average molecular weight is 358 g/mol. The van der Waals surface area contributed by atoms with Gasteiger partial charge in [0, 0.05) is 11.5 Å². The molecular weight excluding hydrogens is 340 g/mol. The normalized spacial score (nSPS) is 10.7. The van der Waals surface area contributed by atoms with Crippen molar-refractivity contribution < 1.29 is 13.9 Å². The molecule has 0 unspecified atom stereocenters. The van der Waals surface area contributed by atoms with E-state index < -0.39 is 0 Å². The van der Waals surface area contributed by atoms with Crippen LogP contribution in [0.3, 0.4) is 0 Å². The Bertz CT molecular complexity index is 1130. The summed E-state index contributed by atoms with van der Waals surface area (Å²) in [6.07, 6.45) is 0. The predicted molar refractivity (Wildman–Crippen MR) is 105 cm³/mol. The van der Waals surface area contributed by atoms with Crippen molar-refractivity contribution in [2.75, 3.05) is 7.11 Å². The van der Waals surface area contributed by atoms with E-state index in [0.29, 0.717) is 23.5 Å². The van der Waals surface area contributed by atoms with Crippen LogP contribution < -0.4 is 15.1 Å². The minimum absolute atomic E-state index is 0.362. The quantitative estimate of drug-likeness (QED) is 0.469. The van der Waals surface area contributed by atoms with E-state index in [1.165, 1.54) is 0 Å². The molecule has 134 valence electrons. The summed E-state index contributed by atoms with van der Waals surface area (Å²) in [6.45, 7) is 0.398. The van der Waals surface area contributed by atoms with Gasteiger partial charge in [-0.15, -0.1) is 0 Å². The summed E-state index contributed by atoms with van der Waals surface area (Å²) in [7, 11) is 1.63. The van der Waals surface area contributed by atoms with Gasteiger partial charge in [0.15, 0.2) is 0 Å². The SMILES string of the molecule is COc1cccc(COc2ccc3cc(-c4ccccc4)c(=O)oc3c2)c1. The van der Waals surface area contributed by atoms with Crippen LogP contribution in [0.4, 0.5) is 0 Å². The molecule has 4 rings (SSSR count). The second kappa shape index (κ2) is 7.38. The highest BCUT2D eigenvalue weighted by atomic mass is 16.5. The zero-order chi connectivity index (χ0) is 18.6. The molecule has 0 aliphatic rings. The molecule has 0 aliphatic heterocycles. The molecule has 1 heterocycles. The Kier molecular flexibility index (Phi) is 4.62. The third kappa shape index (κ3) is 3.70. The van der Waals surface area contributed by atoms with Crippen molar-refractivity contribution >= 4 is 11.0 Å². The molecule has 0 radical (unpaired) electrons. The molecule has 0 saturated carbocycles. The van der Waals surface area contributed by atoms with Crippen molar-refractivity contribution in [3.8, 4) is 22.6 Å². The zero-order valence-electron chi connectivity index (χ0n) is 14.8. The summed E-state index contributed by atoms with van der Waals surface area (Å²) in [5, 5.41) is 0.849. The Hall–Kier alpha value is -3.53. The van der Waals surface area contributed by atoms with Gasteiger partial charge in [-0.1, -0.05) is 42.5 Å². The maximum Gasteiger partial charge on any atom is 0.344 e. The van der Waals surface area contributed by atoms with Crippen molar-refractivity contribution in [3.63, 3.8) is 0 Å². The highest BCUT2D eigenvalue weighted by Crippen LogP contribution is 2.25. The summed E-state index contributed by atoms with van der Waals surface area (Å²) < 4.78 is 16.6. The molecule has 0 fully saturated rings. The van der Waals surface area contributed by atoms with Crippen molar-refractivity contribution in [1.82, 2.24) is 0 Å². The number of benzene rings is 3. The summed E-state index contributed by atoms with van der Waals surface area (Å²) in [5.41, 5.74) is 2.52. The molecule has 4 nitrogen and oxygen atoms in total. The van der Waals surface area contributed by atoms with E-state index in [1.807, 2.05) is 72.8 Å². The topological polar surface area (TPSA) is 48.7 Å². The van der Waals surface area contributed by atoms with E-state index in [2.05, 4.69) is 0 Å². The smallest absolute Gasteiger partial charge is 0.344 e. The lowest BCUT2D eigenvalue weighted by Crippen LogP contribution is -2.02. The first-order chi connectivity index (χ1) is 13.2. The lowest BCUT2D eigenvalue weighted by atomic mass is 10.1. The van der Waals surface area contributed by atoms with Crippen LogP contribution in [0.25, 0.3) is 22.1 Å². The Morgan fingerprint density at radius 3 is 2.52 bits per heavy atom. The molecule has 4 heteroatoms. The fraction of sp³-hybridized carbons (Fsp3) is 0.0870. The van der Waals surface area contributed by atoms with E-state index in [0.717, 1.165) is 22.3 Å². The standard InChI is InChI=1S/C23H18O4/c1-25-19-9-5-6-16(12-19)15-26-20-11-10-18-13-21(17-7-3-2-4-8-17)23(24)27-22(18)14-20/h2-14H,15H2,1H3. The maximum absolute atomic E-state index is 12.4.